The average molecular weight is 324 g/mol. The molecule has 0 aromatic heterocycles. The predicted molar refractivity (Wildman–Crippen MR) is 96.5 cm³/mol. The molecule has 0 saturated heterocycles. The fraction of sp³-hybridized carbons (Fsp3) is 0.350. The van der Waals surface area contributed by atoms with Crippen molar-refractivity contribution >= 4 is 11.6 Å². The average Bonchev–Trinajstić information content (AvgIpc) is 2.97. The van der Waals surface area contributed by atoms with E-state index >= 15 is 0 Å². The summed E-state index contributed by atoms with van der Waals surface area (Å²) >= 11 is 0. The smallest absolute Gasteiger partial charge is 0.225 e. The molecule has 4 heteroatoms. The number of amides is 1. The summed E-state index contributed by atoms with van der Waals surface area (Å²) in [6.45, 7) is 3.54. The van der Waals surface area contributed by atoms with E-state index < -0.39 is 0 Å². The molecule has 0 aliphatic carbocycles. The monoisotopic (exact) mass is 324 g/mol. The second-order valence-electron chi connectivity index (χ2n) is 6.43. The third kappa shape index (κ3) is 4.15. The van der Waals surface area contributed by atoms with E-state index in [1.807, 2.05) is 56.4 Å². The Hall–Kier alpha value is -2.33. The molecule has 24 heavy (non-hydrogen) atoms. The lowest BCUT2D eigenvalue weighted by Crippen LogP contribution is -2.34. The fourth-order valence-corrected chi connectivity index (χ4v) is 3.01. The van der Waals surface area contributed by atoms with E-state index in [9.17, 15) is 4.79 Å². The maximum absolute atomic E-state index is 12.1. The first-order chi connectivity index (χ1) is 11.6. The molecule has 1 atom stereocenters. The Morgan fingerprint density at radius 3 is 2.75 bits per heavy atom. The lowest BCUT2D eigenvalue weighted by molar-refractivity contribution is -0.116. The first-order valence-electron chi connectivity index (χ1n) is 8.40. The first-order valence-corrected chi connectivity index (χ1v) is 8.40. The molecule has 1 N–H and O–H groups in total. The van der Waals surface area contributed by atoms with E-state index in [0.717, 1.165) is 30.0 Å². The molecule has 2 aromatic carbocycles. The number of aryl methyl sites for hydroxylation is 1. The van der Waals surface area contributed by atoms with Gasteiger partial charge in [-0.15, -0.1) is 0 Å². The van der Waals surface area contributed by atoms with Crippen LogP contribution in [-0.4, -0.2) is 37.0 Å². The van der Waals surface area contributed by atoms with Gasteiger partial charge in [0.1, 0.15) is 11.9 Å². The number of likely N-dealkylation sites (N-methyl/N-ethyl adjacent to an activating group) is 1. The lowest BCUT2D eigenvalue weighted by atomic mass is 10.1. The molecule has 1 aliphatic heterocycles. The molecule has 4 nitrogen and oxygen atoms in total. The van der Waals surface area contributed by atoms with Crippen LogP contribution >= 0.6 is 0 Å². The van der Waals surface area contributed by atoms with Gasteiger partial charge in [0.25, 0.3) is 0 Å². The normalized spacial score (nSPS) is 15.9. The molecule has 126 valence electrons. The van der Waals surface area contributed by atoms with Gasteiger partial charge >= 0.3 is 0 Å². The minimum atomic E-state index is 0.0479. The molecule has 0 spiro atoms. The van der Waals surface area contributed by atoms with Gasteiger partial charge in [0.15, 0.2) is 0 Å². The number of anilines is 1. The van der Waals surface area contributed by atoms with Gasteiger partial charge < -0.3 is 15.0 Å². The summed E-state index contributed by atoms with van der Waals surface area (Å²) in [5.74, 6) is 1.04. The highest BCUT2D eigenvalue weighted by Crippen LogP contribution is 2.28. The Morgan fingerprint density at radius 1 is 1.21 bits per heavy atom. The summed E-state index contributed by atoms with van der Waals surface area (Å²) in [4.78, 5) is 14.3. The van der Waals surface area contributed by atoms with Gasteiger partial charge in [0.05, 0.1) is 0 Å². The molecular formula is C20H24N2O2. The van der Waals surface area contributed by atoms with Gasteiger partial charge in [-0.3, -0.25) is 4.79 Å². The molecular weight excluding hydrogens is 300 g/mol. The number of hydrogen-bond donors (Lipinski definition) is 1. The molecule has 1 amide bonds. The van der Waals surface area contributed by atoms with Crippen LogP contribution in [0.4, 0.5) is 5.69 Å². The number of nitrogens with zero attached hydrogens (tertiary/aromatic N) is 1. The van der Waals surface area contributed by atoms with Crippen molar-refractivity contribution < 1.29 is 9.53 Å². The van der Waals surface area contributed by atoms with Crippen molar-refractivity contribution in [1.82, 2.24) is 4.90 Å². The van der Waals surface area contributed by atoms with Gasteiger partial charge in [-0.2, -0.15) is 0 Å². The minimum absolute atomic E-state index is 0.0479. The number of carbonyl (C=O) groups is 1. The number of hydrogen-bond acceptors (Lipinski definition) is 3. The van der Waals surface area contributed by atoms with Gasteiger partial charge in [-0.05, 0) is 37.2 Å². The SMILES string of the molecule is Cc1ccccc1NC(=O)CCN(C)C[C@@H]1Cc2ccccc2O1. The molecule has 0 fully saturated rings. The number of nitrogens with one attached hydrogen (secondary N) is 1. The van der Waals surface area contributed by atoms with Crippen LogP contribution in [0.15, 0.2) is 48.5 Å². The number of fused-ring (bicyclic) bond motifs is 1. The van der Waals surface area contributed by atoms with E-state index in [-0.39, 0.29) is 12.0 Å². The summed E-state index contributed by atoms with van der Waals surface area (Å²) in [6, 6.07) is 16.0. The van der Waals surface area contributed by atoms with Crippen LogP contribution in [-0.2, 0) is 11.2 Å². The fourth-order valence-electron chi connectivity index (χ4n) is 3.01. The number of benzene rings is 2. The maximum Gasteiger partial charge on any atom is 0.225 e. The van der Waals surface area contributed by atoms with Crippen molar-refractivity contribution in [2.45, 2.75) is 25.9 Å². The Kier molecular flexibility index (Phi) is 5.16. The standard InChI is InChI=1S/C20H24N2O2/c1-15-7-3-5-9-18(15)21-20(23)11-12-22(2)14-17-13-16-8-4-6-10-19(16)24-17/h3-10,17H,11-14H2,1-2H3,(H,21,23)/t17-/m0/s1. The van der Waals surface area contributed by atoms with Gasteiger partial charge in [0, 0.05) is 31.6 Å². The molecule has 0 unspecified atom stereocenters. The predicted octanol–water partition coefficient (Wildman–Crippen LogP) is 3.26. The van der Waals surface area contributed by atoms with Crippen LogP contribution in [0.3, 0.4) is 0 Å². The van der Waals surface area contributed by atoms with Crippen molar-refractivity contribution in [1.29, 1.82) is 0 Å². The third-order valence-corrected chi connectivity index (χ3v) is 4.37. The highest BCUT2D eigenvalue weighted by molar-refractivity contribution is 5.91. The number of carbonyl (C=O) groups excluding carboxylic acids is 1. The summed E-state index contributed by atoms with van der Waals surface area (Å²) < 4.78 is 5.95. The van der Waals surface area contributed by atoms with E-state index in [0.29, 0.717) is 13.0 Å². The summed E-state index contributed by atoms with van der Waals surface area (Å²) in [7, 11) is 2.04. The Labute approximate surface area is 143 Å². The Balaban J connectivity index is 1.42. The van der Waals surface area contributed by atoms with Crippen molar-refractivity contribution in [3.8, 4) is 5.75 Å². The minimum Gasteiger partial charge on any atom is -0.488 e. The van der Waals surface area contributed by atoms with Crippen molar-refractivity contribution in [2.75, 3.05) is 25.5 Å². The first kappa shape index (κ1) is 16.5. The van der Waals surface area contributed by atoms with Gasteiger partial charge in [-0.1, -0.05) is 36.4 Å². The van der Waals surface area contributed by atoms with Crippen LogP contribution in [0, 0.1) is 6.92 Å². The third-order valence-electron chi connectivity index (χ3n) is 4.37. The topological polar surface area (TPSA) is 41.6 Å². The van der Waals surface area contributed by atoms with Crippen LogP contribution < -0.4 is 10.1 Å². The zero-order valence-corrected chi connectivity index (χ0v) is 14.3. The van der Waals surface area contributed by atoms with Crippen molar-refractivity contribution in [2.24, 2.45) is 0 Å². The Morgan fingerprint density at radius 2 is 1.96 bits per heavy atom. The maximum atomic E-state index is 12.1. The molecule has 0 bridgehead atoms. The second-order valence-corrected chi connectivity index (χ2v) is 6.43. The van der Waals surface area contributed by atoms with Crippen molar-refractivity contribution in [3.63, 3.8) is 0 Å². The molecule has 3 rings (SSSR count). The number of rotatable bonds is 6. The second kappa shape index (κ2) is 7.49. The van der Waals surface area contributed by atoms with E-state index in [1.54, 1.807) is 0 Å². The zero-order valence-electron chi connectivity index (χ0n) is 14.3. The van der Waals surface area contributed by atoms with Crippen LogP contribution in [0.5, 0.6) is 5.75 Å². The highest BCUT2D eigenvalue weighted by Gasteiger charge is 2.23. The number of para-hydroxylation sites is 2. The van der Waals surface area contributed by atoms with Crippen LogP contribution in [0.25, 0.3) is 0 Å². The van der Waals surface area contributed by atoms with E-state index in [4.69, 9.17) is 4.74 Å². The van der Waals surface area contributed by atoms with Gasteiger partial charge in [0.2, 0.25) is 5.91 Å². The van der Waals surface area contributed by atoms with Crippen LogP contribution in [0.2, 0.25) is 0 Å². The summed E-state index contributed by atoms with van der Waals surface area (Å²) in [5.41, 5.74) is 3.24. The number of ether oxygens (including phenoxy) is 1. The largest absolute Gasteiger partial charge is 0.488 e. The van der Waals surface area contributed by atoms with Crippen LogP contribution in [0.1, 0.15) is 17.5 Å². The molecule has 1 aliphatic rings. The molecule has 0 saturated carbocycles. The Bertz CT molecular complexity index is 689. The quantitative estimate of drug-likeness (QED) is 0.887. The lowest BCUT2D eigenvalue weighted by Gasteiger charge is -2.20. The molecule has 2 aromatic rings. The summed E-state index contributed by atoms with van der Waals surface area (Å²) in [6.07, 6.45) is 1.59. The molecule has 0 radical (unpaired) electrons. The zero-order chi connectivity index (χ0) is 16.9. The van der Waals surface area contributed by atoms with E-state index in [1.165, 1.54) is 5.56 Å². The van der Waals surface area contributed by atoms with E-state index in [2.05, 4.69) is 16.3 Å². The van der Waals surface area contributed by atoms with Gasteiger partial charge in [-0.25, -0.2) is 0 Å². The van der Waals surface area contributed by atoms with Crippen molar-refractivity contribution in [3.05, 3.63) is 59.7 Å². The highest BCUT2D eigenvalue weighted by atomic mass is 16.5. The molecule has 1 heterocycles. The summed E-state index contributed by atoms with van der Waals surface area (Å²) in [5, 5.41) is 2.98.